The highest BCUT2D eigenvalue weighted by atomic mass is 16.6. The maximum Gasteiger partial charge on any atom is 0.410 e. The van der Waals surface area contributed by atoms with Crippen LogP contribution in [-0.2, 0) is 27.3 Å². The van der Waals surface area contributed by atoms with Gasteiger partial charge in [-0.3, -0.25) is 29.4 Å². The number of anilines is 1. The number of ether oxygens (including phenoxy) is 1. The second-order valence-corrected chi connectivity index (χ2v) is 10.5. The summed E-state index contributed by atoms with van der Waals surface area (Å²) in [5.74, 6) is -2.12. The van der Waals surface area contributed by atoms with Crippen LogP contribution in [0.25, 0.3) is 0 Å². The van der Waals surface area contributed by atoms with Crippen LogP contribution in [0.2, 0.25) is 0 Å². The van der Waals surface area contributed by atoms with E-state index in [0.717, 1.165) is 16.0 Å². The number of nitrogens with one attached hydrogen (secondary N) is 2. The van der Waals surface area contributed by atoms with Gasteiger partial charge in [-0.15, -0.1) is 0 Å². The van der Waals surface area contributed by atoms with Gasteiger partial charge in [0, 0.05) is 32.2 Å². The summed E-state index contributed by atoms with van der Waals surface area (Å²) in [6.45, 7) is 6.41. The quantitative estimate of drug-likeness (QED) is 0.538. The van der Waals surface area contributed by atoms with Crippen molar-refractivity contribution in [2.75, 3.05) is 18.9 Å². The smallest absolute Gasteiger partial charge is 0.410 e. The Morgan fingerprint density at radius 3 is 2.39 bits per heavy atom. The lowest BCUT2D eigenvalue weighted by atomic mass is 10.0. The fourth-order valence-corrected chi connectivity index (χ4v) is 4.49. The molecule has 0 bridgehead atoms. The summed E-state index contributed by atoms with van der Waals surface area (Å²) < 4.78 is 5.38. The molecule has 2 aliphatic heterocycles. The Morgan fingerprint density at radius 1 is 1.05 bits per heavy atom. The average Bonchev–Trinajstić information content (AvgIpc) is 3.10. The van der Waals surface area contributed by atoms with E-state index in [1.165, 1.54) is 4.90 Å². The fourth-order valence-electron chi connectivity index (χ4n) is 4.49. The van der Waals surface area contributed by atoms with Crippen LogP contribution >= 0.6 is 0 Å². The third kappa shape index (κ3) is 5.85. The first-order valence-electron chi connectivity index (χ1n) is 12.5. The largest absolute Gasteiger partial charge is 0.444 e. The molecule has 0 radical (unpaired) electrons. The van der Waals surface area contributed by atoms with Crippen LogP contribution < -0.4 is 10.6 Å². The molecular formula is C28H32N4O6. The van der Waals surface area contributed by atoms with E-state index in [0.29, 0.717) is 25.2 Å². The second-order valence-electron chi connectivity index (χ2n) is 10.5. The molecule has 10 nitrogen and oxygen atoms in total. The molecule has 10 heteroatoms. The van der Waals surface area contributed by atoms with E-state index in [4.69, 9.17) is 4.74 Å². The number of rotatable bonds is 7. The maximum absolute atomic E-state index is 13.2. The van der Waals surface area contributed by atoms with Crippen LogP contribution in [-0.4, -0.2) is 64.8 Å². The Labute approximate surface area is 221 Å². The molecule has 2 N–H and O–H groups in total. The highest BCUT2D eigenvalue weighted by Crippen LogP contribution is 2.32. The standard InChI is InChI=1S/C28H32N4O6/c1-28(2,3)38-27(37)31(4)16-18-10-8-17(9-11-18)14-15-29-20-7-5-6-19-23(20)26(36)32(25(19)35)21-12-13-22(33)30-24(21)34/h5-11,21,29H,12-16H2,1-4H3,(H,30,33,34). The minimum absolute atomic E-state index is 0.0744. The molecule has 2 aromatic rings. The van der Waals surface area contributed by atoms with E-state index in [2.05, 4.69) is 10.6 Å². The van der Waals surface area contributed by atoms with Gasteiger partial charge < -0.3 is 15.0 Å². The van der Waals surface area contributed by atoms with Gasteiger partial charge in [-0.25, -0.2) is 4.79 Å². The minimum Gasteiger partial charge on any atom is -0.444 e. The highest BCUT2D eigenvalue weighted by molar-refractivity contribution is 6.25. The SMILES string of the molecule is CN(Cc1ccc(CCNc2cccc3c2C(=O)N(C2CCC(=O)NC2=O)C3=O)cc1)C(=O)OC(C)(C)C. The summed E-state index contributed by atoms with van der Waals surface area (Å²) in [7, 11) is 1.69. The first-order valence-corrected chi connectivity index (χ1v) is 12.5. The van der Waals surface area contributed by atoms with E-state index >= 15 is 0 Å². The highest BCUT2D eigenvalue weighted by Gasteiger charge is 2.45. The van der Waals surface area contributed by atoms with Crippen molar-refractivity contribution < 1.29 is 28.7 Å². The van der Waals surface area contributed by atoms with Gasteiger partial charge in [0.1, 0.15) is 11.6 Å². The zero-order chi connectivity index (χ0) is 27.6. The predicted octanol–water partition coefficient (Wildman–Crippen LogP) is 3.11. The molecule has 4 rings (SSSR count). The average molecular weight is 521 g/mol. The van der Waals surface area contributed by atoms with Crippen molar-refractivity contribution in [3.05, 3.63) is 64.7 Å². The Hall–Kier alpha value is -4.21. The number of imide groups is 2. The van der Waals surface area contributed by atoms with Gasteiger partial charge >= 0.3 is 6.09 Å². The van der Waals surface area contributed by atoms with Crippen molar-refractivity contribution in [3.63, 3.8) is 0 Å². The Kier molecular flexibility index (Phi) is 7.52. The molecule has 0 aromatic heterocycles. The number of hydrogen-bond donors (Lipinski definition) is 2. The number of fused-ring (bicyclic) bond motifs is 1. The van der Waals surface area contributed by atoms with Crippen molar-refractivity contribution in [1.82, 2.24) is 15.1 Å². The van der Waals surface area contributed by atoms with Gasteiger partial charge in [-0.05, 0) is 56.9 Å². The van der Waals surface area contributed by atoms with Crippen LogP contribution in [0.4, 0.5) is 10.5 Å². The summed E-state index contributed by atoms with van der Waals surface area (Å²) >= 11 is 0. The topological polar surface area (TPSA) is 125 Å². The molecule has 1 fully saturated rings. The number of carbonyl (C=O) groups is 5. The summed E-state index contributed by atoms with van der Waals surface area (Å²) in [5, 5.41) is 5.45. The molecule has 0 spiro atoms. The van der Waals surface area contributed by atoms with E-state index in [1.54, 1.807) is 25.2 Å². The first kappa shape index (κ1) is 26.8. The van der Waals surface area contributed by atoms with Crippen LogP contribution in [0.5, 0.6) is 0 Å². The summed E-state index contributed by atoms with van der Waals surface area (Å²) in [6.07, 6.45) is 0.462. The number of piperidine rings is 1. The molecule has 2 heterocycles. The molecule has 38 heavy (non-hydrogen) atoms. The van der Waals surface area contributed by atoms with Gasteiger partial charge in [-0.1, -0.05) is 30.3 Å². The molecule has 1 unspecified atom stereocenters. The van der Waals surface area contributed by atoms with Gasteiger partial charge in [0.25, 0.3) is 11.8 Å². The predicted molar refractivity (Wildman–Crippen MR) is 139 cm³/mol. The van der Waals surface area contributed by atoms with Gasteiger partial charge in [0.2, 0.25) is 11.8 Å². The van der Waals surface area contributed by atoms with Crippen LogP contribution in [0.1, 0.15) is 65.5 Å². The number of carbonyl (C=O) groups excluding carboxylic acids is 5. The summed E-state index contributed by atoms with van der Waals surface area (Å²) in [4.78, 5) is 64.6. The van der Waals surface area contributed by atoms with Gasteiger partial charge in [-0.2, -0.15) is 0 Å². The molecule has 1 saturated heterocycles. The number of hydrogen-bond acceptors (Lipinski definition) is 7. The molecule has 2 aromatic carbocycles. The maximum atomic E-state index is 13.2. The summed E-state index contributed by atoms with van der Waals surface area (Å²) in [6, 6.07) is 11.9. The third-order valence-electron chi connectivity index (χ3n) is 6.35. The lowest BCUT2D eigenvalue weighted by Gasteiger charge is -2.27. The zero-order valence-corrected chi connectivity index (χ0v) is 22.0. The van der Waals surface area contributed by atoms with Crippen molar-refractivity contribution in [2.45, 2.75) is 58.2 Å². The van der Waals surface area contributed by atoms with Gasteiger partial charge in [0.15, 0.2) is 0 Å². The molecular weight excluding hydrogens is 488 g/mol. The molecule has 5 amide bonds. The normalized spacial score (nSPS) is 17.3. The fraction of sp³-hybridized carbons (Fsp3) is 0.393. The third-order valence-corrected chi connectivity index (χ3v) is 6.35. The molecule has 2 aliphatic rings. The summed E-state index contributed by atoms with van der Waals surface area (Å²) in [5.41, 5.74) is 2.47. The monoisotopic (exact) mass is 520 g/mol. The van der Waals surface area contributed by atoms with Crippen molar-refractivity contribution in [2.24, 2.45) is 0 Å². The zero-order valence-electron chi connectivity index (χ0n) is 22.0. The van der Waals surface area contributed by atoms with Crippen molar-refractivity contribution in [3.8, 4) is 0 Å². The van der Waals surface area contributed by atoms with E-state index in [9.17, 15) is 24.0 Å². The molecule has 1 atom stereocenters. The lowest BCUT2D eigenvalue weighted by Crippen LogP contribution is -2.54. The molecule has 200 valence electrons. The van der Waals surface area contributed by atoms with Crippen molar-refractivity contribution >= 4 is 35.4 Å². The van der Waals surface area contributed by atoms with Crippen LogP contribution in [0.15, 0.2) is 42.5 Å². The number of benzene rings is 2. The number of nitrogens with zero attached hydrogens (tertiary/aromatic N) is 2. The van der Waals surface area contributed by atoms with E-state index in [1.807, 2.05) is 45.0 Å². The Morgan fingerprint density at radius 2 is 1.74 bits per heavy atom. The van der Waals surface area contributed by atoms with E-state index < -0.39 is 35.3 Å². The number of amides is 5. The van der Waals surface area contributed by atoms with E-state index in [-0.39, 0.29) is 30.1 Å². The van der Waals surface area contributed by atoms with Gasteiger partial charge in [0.05, 0.1) is 11.1 Å². The second kappa shape index (κ2) is 10.6. The van der Waals surface area contributed by atoms with Crippen LogP contribution in [0.3, 0.4) is 0 Å². The minimum atomic E-state index is -0.999. The van der Waals surface area contributed by atoms with Crippen LogP contribution in [0, 0.1) is 0 Å². The first-order chi connectivity index (χ1) is 17.9. The molecule has 0 aliphatic carbocycles. The Bertz CT molecular complexity index is 1280. The van der Waals surface area contributed by atoms with Crippen molar-refractivity contribution in [1.29, 1.82) is 0 Å². The lowest BCUT2D eigenvalue weighted by molar-refractivity contribution is -0.136. The Balaban J connectivity index is 1.36. The molecule has 0 saturated carbocycles.